The molecule has 4 nitrogen and oxygen atoms in total. The van der Waals surface area contributed by atoms with E-state index in [0.29, 0.717) is 13.0 Å². The predicted octanol–water partition coefficient (Wildman–Crippen LogP) is 3.26. The van der Waals surface area contributed by atoms with Crippen molar-refractivity contribution in [1.29, 1.82) is 0 Å². The minimum atomic E-state index is 0.0790. The summed E-state index contributed by atoms with van der Waals surface area (Å²) in [7, 11) is 0. The van der Waals surface area contributed by atoms with Gasteiger partial charge in [-0.2, -0.15) is 0 Å². The van der Waals surface area contributed by atoms with Gasteiger partial charge in [0.25, 0.3) is 0 Å². The van der Waals surface area contributed by atoms with E-state index in [1.54, 1.807) is 0 Å². The molecular weight excluding hydrogens is 262 g/mol. The molecule has 0 spiro atoms. The number of pyridine rings is 1. The average molecular weight is 285 g/mol. The first-order valence-electron chi connectivity index (χ1n) is 7.49. The molecule has 21 heavy (non-hydrogen) atoms. The summed E-state index contributed by atoms with van der Waals surface area (Å²) in [5.41, 5.74) is 2.06. The van der Waals surface area contributed by atoms with Crippen LogP contribution in [-0.2, 0) is 4.79 Å². The van der Waals surface area contributed by atoms with Crippen LogP contribution in [-0.4, -0.2) is 23.5 Å². The monoisotopic (exact) mass is 285 g/mol. The normalized spacial score (nSPS) is 12.1. The highest BCUT2D eigenvalue weighted by atomic mass is 16.1. The van der Waals surface area contributed by atoms with Crippen molar-refractivity contribution in [2.75, 3.05) is 11.9 Å². The molecule has 1 atom stereocenters. The van der Waals surface area contributed by atoms with Crippen LogP contribution in [0.3, 0.4) is 0 Å². The number of anilines is 1. The zero-order chi connectivity index (χ0) is 15.2. The fraction of sp³-hybridized carbons (Fsp3) is 0.412. The van der Waals surface area contributed by atoms with Gasteiger partial charge in [0, 0.05) is 24.4 Å². The number of benzene rings is 1. The summed E-state index contributed by atoms with van der Waals surface area (Å²) in [4.78, 5) is 16.3. The second-order valence-corrected chi connectivity index (χ2v) is 5.40. The summed E-state index contributed by atoms with van der Waals surface area (Å²) < 4.78 is 0. The number of carbonyl (C=O) groups excluding carboxylic acids is 1. The van der Waals surface area contributed by atoms with E-state index in [4.69, 9.17) is 0 Å². The predicted molar refractivity (Wildman–Crippen MR) is 87.5 cm³/mol. The Labute approximate surface area is 126 Å². The standard InChI is InChI=1S/C17H23N3O/c1-4-13(3)19-16(21)9-10-18-17-12(2)11-14-7-5-6-8-15(14)20-17/h5-8,11,13H,4,9-10H2,1-3H3,(H,18,20)(H,19,21). The van der Waals surface area contributed by atoms with Gasteiger partial charge in [-0.25, -0.2) is 4.98 Å². The number of fused-ring (bicyclic) bond motifs is 1. The first-order valence-corrected chi connectivity index (χ1v) is 7.49. The molecule has 1 amide bonds. The van der Waals surface area contributed by atoms with Gasteiger partial charge in [-0.1, -0.05) is 25.1 Å². The molecule has 1 aromatic carbocycles. The minimum Gasteiger partial charge on any atom is -0.369 e. The Balaban J connectivity index is 1.94. The number of rotatable bonds is 6. The SMILES string of the molecule is CCC(C)NC(=O)CCNc1nc2ccccc2cc1C. The van der Waals surface area contributed by atoms with E-state index in [0.717, 1.165) is 28.7 Å². The van der Waals surface area contributed by atoms with Crippen LogP contribution < -0.4 is 10.6 Å². The Bertz CT molecular complexity index is 624. The van der Waals surface area contributed by atoms with E-state index in [1.165, 1.54) is 0 Å². The maximum absolute atomic E-state index is 11.7. The third-order valence-electron chi connectivity index (χ3n) is 3.58. The quantitative estimate of drug-likeness (QED) is 0.856. The summed E-state index contributed by atoms with van der Waals surface area (Å²) >= 11 is 0. The van der Waals surface area contributed by atoms with Crippen LogP contribution in [0.25, 0.3) is 10.9 Å². The fourth-order valence-corrected chi connectivity index (χ4v) is 2.14. The van der Waals surface area contributed by atoms with E-state index in [2.05, 4.69) is 34.7 Å². The lowest BCUT2D eigenvalue weighted by molar-refractivity contribution is -0.121. The Kier molecular flexibility index (Phi) is 5.14. The number of hydrogen-bond acceptors (Lipinski definition) is 3. The van der Waals surface area contributed by atoms with Crippen LogP contribution in [0.1, 0.15) is 32.3 Å². The fourth-order valence-electron chi connectivity index (χ4n) is 2.14. The third-order valence-corrected chi connectivity index (χ3v) is 3.58. The number of carbonyl (C=O) groups is 1. The number of aromatic nitrogens is 1. The molecule has 2 rings (SSSR count). The van der Waals surface area contributed by atoms with Crippen LogP contribution >= 0.6 is 0 Å². The molecule has 0 saturated heterocycles. The molecule has 2 N–H and O–H groups in total. The van der Waals surface area contributed by atoms with Gasteiger partial charge >= 0.3 is 0 Å². The molecule has 0 saturated carbocycles. The highest BCUT2D eigenvalue weighted by molar-refractivity contribution is 5.81. The summed E-state index contributed by atoms with van der Waals surface area (Å²) in [6.07, 6.45) is 1.41. The molecule has 2 aromatic rings. The van der Waals surface area contributed by atoms with E-state index in [9.17, 15) is 4.79 Å². The number of nitrogens with zero attached hydrogens (tertiary/aromatic N) is 1. The number of nitrogens with one attached hydrogen (secondary N) is 2. The lowest BCUT2D eigenvalue weighted by atomic mass is 10.1. The summed E-state index contributed by atoms with van der Waals surface area (Å²) in [6.45, 7) is 6.70. The topological polar surface area (TPSA) is 54.0 Å². The van der Waals surface area contributed by atoms with Gasteiger partial charge in [0.2, 0.25) is 5.91 Å². The van der Waals surface area contributed by atoms with Gasteiger partial charge in [-0.3, -0.25) is 4.79 Å². The third kappa shape index (κ3) is 4.18. The molecule has 4 heteroatoms. The first-order chi connectivity index (χ1) is 10.1. The highest BCUT2D eigenvalue weighted by Gasteiger charge is 2.06. The van der Waals surface area contributed by atoms with Crippen LogP contribution in [0.15, 0.2) is 30.3 Å². The molecule has 0 aliphatic rings. The maximum Gasteiger partial charge on any atom is 0.221 e. The van der Waals surface area contributed by atoms with Crippen molar-refractivity contribution in [3.63, 3.8) is 0 Å². The summed E-state index contributed by atoms with van der Waals surface area (Å²) in [5, 5.41) is 7.35. The lowest BCUT2D eigenvalue weighted by Crippen LogP contribution is -2.33. The van der Waals surface area contributed by atoms with Gasteiger partial charge in [-0.15, -0.1) is 0 Å². The van der Waals surface area contributed by atoms with Crippen molar-refractivity contribution in [3.8, 4) is 0 Å². The van der Waals surface area contributed by atoms with Gasteiger partial charge in [0.15, 0.2) is 0 Å². The van der Waals surface area contributed by atoms with Gasteiger partial charge < -0.3 is 10.6 Å². The van der Waals surface area contributed by atoms with Crippen molar-refractivity contribution in [1.82, 2.24) is 10.3 Å². The summed E-state index contributed by atoms with van der Waals surface area (Å²) in [6, 6.07) is 10.4. The number of hydrogen-bond donors (Lipinski definition) is 2. The van der Waals surface area contributed by atoms with Crippen LogP contribution in [0.5, 0.6) is 0 Å². The number of aryl methyl sites for hydroxylation is 1. The second-order valence-electron chi connectivity index (χ2n) is 5.40. The maximum atomic E-state index is 11.7. The molecular formula is C17H23N3O. The highest BCUT2D eigenvalue weighted by Crippen LogP contribution is 2.19. The van der Waals surface area contributed by atoms with Gasteiger partial charge in [0.1, 0.15) is 5.82 Å². The van der Waals surface area contributed by atoms with Crippen LogP contribution in [0.4, 0.5) is 5.82 Å². The zero-order valence-corrected chi connectivity index (χ0v) is 12.9. The molecule has 1 unspecified atom stereocenters. The number of amides is 1. The average Bonchev–Trinajstić information content (AvgIpc) is 2.47. The van der Waals surface area contributed by atoms with Crippen molar-refractivity contribution >= 4 is 22.6 Å². The molecule has 1 aromatic heterocycles. The van der Waals surface area contributed by atoms with Gasteiger partial charge in [-0.05, 0) is 38.0 Å². The Morgan fingerprint density at radius 1 is 1.33 bits per heavy atom. The lowest BCUT2D eigenvalue weighted by Gasteiger charge is -2.13. The smallest absolute Gasteiger partial charge is 0.221 e. The Morgan fingerprint density at radius 2 is 2.10 bits per heavy atom. The van der Waals surface area contributed by atoms with Crippen molar-refractivity contribution in [3.05, 3.63) is 35.9 Å². The number of para-hydroxylation sites is 1. The van der Waals surface area contributed by atoms with Crippen molar-refractivity contribution in [2.24, 2.45) is 0 Å². The van der Waals surface area contributed by atoms with Crippen molar-refractivity contribution in [2.45, 2.75) is 39.7 Å². The Hall–Kier alpha value is -2.10. The Morgan fingerprint density at radius 3 is 2.86 bits per heavy atom. The second kappa shape index (κ2) is 7.07. The molecule has 0 radical (unpaired) electrons. The largest absolute Gasteiger partial charge is 0.369 e. The van der Waals surface area contributed by atoms with E-state index < -0.39 is 0 Å². The zero-order valence-electron chi connectivity index (χ0n) is 12.9. The van der Waals surface area contributed by atoms with Crippen molar-refractivity contribution < 1.29 is 4.79 Å². The molecule has 0 aliphatic heterocycles. The molecule has 112 valence electrons. The van der Waals surface area contributed by atoms with E-state index in [-0.39, 0.29) is 11.9 Å². The van der Waals surface area contributed by atoms with E-state index in [1.807, 2.05) is 32.0 Å². The molecule has 0 bridgehead atoms. The van der Waals surface area contributed by atoms with Gasteiger partial charge in [0.05, 0.1) is 5.52 Å². The van der Waals surface area contributed by atoms with E-state index >= 15 is 0 Å². The molecule has 1 heterocycles. The first kappa shape index (κ1) is 15.3. The molecule has 0 aliphatic carbocycles. The van der Waals surface area contributed by atoms with Crippen LogP contribution in [0.2, 0.25) is 0 Å². The van der Waals surface area contributed by atoms with Crippen LogP contribution in [0, 0.1) is 6.92 Å². The molecule has 0 fully saturated rings. The summed E-state index contributed by atoms with van der Waals surface area (Å²) in [5.74, 6) is 0.931. The minimum absolute atomic E-state index is 0.0790.